The Kier molecular flexibility index (Phi) is 2.76. The van der Waals surface area contributed by atoms with Crippen molar-refractivity contribution in [1.29, 1.82) is 0 Å². The molecule has 2 N–H and O–H groups in total. The van der Waals surface area contributed by atoms with Crippen molar-refractivity contribution in [3.8, 4) is 0 Å². The van der Waals surface area contributed by atoms with E-state index >= 15 is 0 Å². The first-order valence-electron chi connectivity index (χ1n) is 4.47. The van der Waals surface area contributed by atoms with Crippen LogP contribution in [0.2, 0.25) is 0 Å². The zero-order chi connectivity index (χ0) is 11.0. The Hall–Kier alpha value is -0.920. The molecule has 2 aromatic rings. The van der Waals surface area contributed by atoms with Gasteiger partial charge in [-0.2, -0.15) is 0 Å². The lowest BCUT2D eigenvalue weighted by atomic mass is 10.3. The lowest BCUT2D eigenvalue weighted by Gasteiger charge is -2.09. The molecule has 0 aliphatic rings. The van der Waals surface area contributed by atoms with Crippen molar-refractivity contribution < 1.29 is 4.39 Å². The van der Waals surface area contributed by atoms with Gasteiger partial charge in [0.15, 0.2) is 0 Å². The molecular weight excluding hydrogens is 310 g/mol. The lowest BCUT2D eigenvalue weighted by Crippen LogP contribution is -2.06. The summed E-state index contributed by atoms with van der Waals surface area (Å²) in [7, 11) is 0. The van der Waals surface area contributed by atoms with E-state index in [0.717, 1.165) is 8.96 Å². The maximum atomic E-state index is 12.6. The van der Waals surface area contributed by atoms with E-state index in [0.29, 0.717) is 11.5 Å². The number of hydrogen-bond acceptors (Lipinski definition) is 3. The number of aromatic nitrogens is 3. The highest BCUT2D eigenvalue weighted by atomic mass is 127. The highest BCUT2D eigenvalue weighted by molar-refractivity contribution is 14.1. The van der Waals surface area contributed by atoms with Crippen molar-refractivity contribution in [2.24, 2.45) is 0 Å². The smallest absolute Gasteiger partial charge is 0.146 e. The molecule has 1 unspecified atom stereocenters. The largest absolute Gasteiger partial charge is 0.383 e. The molecule has 0 aliphatic carbocycles. The minimum absolute atomic E-state index is 0.231. The summed E-state index contributed by atoms with van der Waals surface area (Å²) in [5, 5.41) is 0.804. The fraction of sp³-hybridized carbons (Fsp3) is 0.333. The highest BCUT2D eigenvalue weighted by Gasteiger charge is 2.14. The standard InChI is InChI=1S/C9H10FIN4/c1-5(2-10)15-3-6(11)7-8(12)13-4-14-9(7)15/h3-5H,2H2,1H3,(H2,12,13,14). The molecule has 2 heterocycles. The molecule has 15 heavy (non-hydrogen) atoms. The summed E-state index contributed by atoms with van der Waals surface area (Å²) in [6, 6.07) is -0.231. The normalized spacial score (nSPS) is 13.3. The van der Waals surface area contributed by atoms with Crippen molar-refractivity contribution in [1.82, 2.24) is 14.5 Å². The molecule has 0 saturated heterocycles. The van der Waals surface area contributed by atoms with Crippen LogP contribution in [0.15, 0.2) is 12.5 Å². The van der Waals surface area contributed by atoms with Crippen molar-refractivity contribution in [3.05, 3.63) is 16.1 Å². The van der Waals surface area contributed by atoms with Crippen LogP contribution >= 0.6 is 22.6 Å². The number of nitrogens with zero attached hydrogens (tertiary/aromatic N) is 3. The number of halogens is 2. The summed E-state index contributed by atoms with van der Waals surface area (Å²) >= 11 is 2.15. The quantitative estimate of drug-likeness (QED) is 0.863. The Labute approximate surface area is 99.8 Å². The first kappa shape index (κ1) is 10.6. The van der Waals surface area contributed by atoms with Crippen LogP contribution in [0.4, 0.5) is 10.2 Å². The molecule has 0 saturated carbocycles. The maximum Gasteiger partial charge on any atom is 0.146 e. The summed E-state index contributed by atoms with van der Waals surface area (Å²) in [5.74, 6) is 0.439. The minimum atomic E-state index is -0.427. The van der Waals surface area contributed by atoms with Crippen LogP contribution in [0.3, 0.4) is 0 Å². The first-order chi connectivity index (χ1) is 7.15. The van der Waals surface area contributed by atoms with Gasteiger partial charge in [0.1, 0.15) is 24.5 Å². The summed E-state index contributed by atoms with van der Waals surface area (Å²) in [6.07, 6.45) is 3.25. The number of nitrogens with two attached hydrogens (primary N) is 1. The predicted octanol–water partition coefficient (Wildman–Crippen LogP) is 2.15. The second-order valence-electron chi connectivity index (χ2n) is 3.35. The second kappa shape index (κ2) is 3.92. The fourth-order valence-corrected chi connectivity index (χ4v) is 2.29. The number of anilines is 1. The zero-order valence-electron chi connectivity index (χ0n) is 8.11. The molecule has 0 amide bonds. The number of hydrogen-bond donors (Lipinski definition) is 1. The second-order valence-corrected chi connectivity index (χ2v) is 4.51. The Bertz CT molecular complexity index is 496. The number of rotatable bonds is 2. The Morgan fingerprint density at radius 3 is 3.00 bits per heavy atom. The number of nitrogen functional groups attached to an aromatic ring is 1. The van der Waals surface area contributed by atoms with Gasteiger partial charge in [-0.25, -0.2) is 14.4 Å². The molecule has 2 rings (SSSR count). The fourth-order valence-electron chi connectivity index (χ4n) is 1.47. The zero-order valence-corrected chi connectivity index (χ0v) is 10.3. The SMILES string of the molecule is CC(CF)n1cc(I)c2c(N)ncnc21. The molecule has 1 atom stereocenters. The van der Waals surface area contributed by atoms with E-state index in [1.807, 2.05) is 6.20 Å². The molecule has 0 spiro atoms. The molecule has 80 valence electrons. The van der Waals surface area contributed by atoms with Crippen molar-refractivity contribution in [2.45, 2.75) is 13.0 Å². The first-order valence-corrected chi connectivity index (χ1v) is 5.55. The molecule has 0 aromatic carbocycles. The van der Waals surface area contributed by atoms with Crippen molar-refractivity contribution >= 4 is 39.4 Å². The Balaban J connectivity index is 2.73. The summed E-state index contributed by atoms with van der Waals surface area (Å²) < 4.78 is 15.3. The third-order valence-electron chi connectivity index (χ3n) is 2.29. The van der Waals surface area contributed by atoms with Crippen LogP contribution in [-0.4, -0.2) is 21.2 Å². The Morgan fingerprint density at radius 1 is 1.60 bits per heavy atom. The molecule has 0 aliphatic heterocycles. The average Bonchev–Trinajstić information content (AvgIpc) is 2.56. The van der Waals surface area contributed by atoms with Gasteiger partial charge in [-0.15, -0.1) is 0 Å². The predicted molar refractivity (Wildman–Crippen MR) is 65.3 cm³/mol. The van der Waals surface area contributed by atoms with Crippen LogP contribution in [0.25, 0.3) is 11.0 Å². The van der Waals surface area contributed by atoms with Crippen LogP contribution in [0.5, 0.6) is 0 Å². The van der Waals surface area contributed by atoms with Crippen LogP contribution < -0.4 is 5.73 Å². The van der Waals surface area contributed by atoms with Gasteiger partial charge < -0.3 is 10.3 Å². The van der Waals surface area contributed by atoms with Crippen LogP contribution in [0, 0.1) is 3.57 Å². The monoisotopic (exact) mass is 320 g/mol. The van der Waals surface area contributed by atoms with E-state index in [1.54, 1.807) is 11.5 Å². The van der Waals surface area contributed by atoms with Gasteiger partial charge in [-0.3, -0.25) is 0 Å². The minimum Gasteiger partial charge on any atom is -0.383 e. The molecule has 0 radical (unpaired) electrons. The lowest BCUT2D eigenvalue weighted by molar-refractivity contribution is 0.382. The van der Waals surface area contributed by atoms with Crippen molar-refractivity contribution in [3.63, 3.8) is 0 Å². The molecular formula is C9H10FIN4. The molecule has 4 nitrogen and oxygen atoms in total. The van der Waals surface area contributed by atoms with Gasteiger partial charge in [-0.05, 0) is 29.5 Å². The average molecular weight is 320 g/mol. The van der Waals surface area contributed by atoms with Crippen LogP contribution in [0.1, 0.15) is 13.0 Å². The van der Waals surface area contributed by atoms with E-state index in [4.69, 9.17) is 5.73 Å². The summed E-state index contributed by atoms with van der Waals surface area (Å²) in [4.78, 5) is 8.05. The summed E-state index contributed by atoms with van der Waals surface area (Å²) in [5.41, 5.74) is 6.44. The molecule has 0 bridgehead atoms. The number of alkyl halides is 1. The van der Waals surface area contributed by atoms with Gasteiger partial charge in [-0.1, -0.05) is 0 Å². The molecule has 2 aromatic heterocycles. The van der Waals surface area contributed by atoms with E-state index in [-0.39, 0.29) is 6.04 Å². The van der Waals surface area contributed by atoms with E-state index in [1.165, 1.54) is 6.33 Å². The topological polar surface area (TPSA) is 56.7 Å². The van der Waals surface area contributed by atoms with E-state index < -0.39 is 6.67 Å². The van der Waals surface area contributed by atoms with Crippen LogP contribution in [-0.2, 0) is 0 Å². The molecule has 0 fully saturated rings. The third kappa shape index (κ3) is 1.66. The van der Waals surface area contributed by atoms with Gasteiger partial charge in [0.05, 0.1) is 11.4 Å². The highest BCUT2D eigenvalue weighted by Crippen LogP contribution is 2.27. The van der Waals surface area contributed by atoms with E-state index in [9.17, 15) is 4.39 Å². The summed E-state index contributed by atoms with van der Waals surface area (Å²) in [6.45, 7) is 1.37. The maximum absolute atomic E-state index is 12.6. The van der Waals surface area contributed by atoms with Gasteiger partial charge in [0.25, 0.3) is 0 Å². The van der Waals surface area contributed by atoms with Gasteiger partial charge in [0, 0.05) is 9.77 Å². The van der Waals surface area contributed by atoms with Gasteiger partial charge in [0.2, 0.25) is 0 Å². The van der Waals surface area contributed by atoms with Crippen molar-refractivity contribution in [2.75, 3.05) is 12.4 Å². The molecule has 6 heteroatoms. The Morgan fingerprint density at radius 2 is 2.33 bits per heavy atom. The van der Waals surface area contributed by atoms with E-state index in [2.05, 4.69) is 32.6 Å². The van der Waals surface area contributed by atoms with Gasteiger partial charge >= 0.3 is 0 Å². The number of fused-ring (bicyclic) bond motifs is 1. The third-order valence-corrected chi connectivity index (χ3v) is 3.11.